The molecule has 0 atom stereocenters. The van der Waals surface area contributed by atoms with E-state index in [9.17, 15) is 4.79 Å². The second kappa shape index (κ2) is 7.65. The van der Waals surface area contributed by atoms with Gasteiger partial charge in [0.05, 0.1) is 19.6 Å². The molecule has 0 spiro atoms. The van der Waals surface area contributed by atoms with Crippen LogP contribution in [0.15, 0.2) is 24.3 Å². The summed E-state index contributed by atoms with van der Waals surface area (Å²) in [4.78, 5) is 10.7. The van der Waals surface area contributed by atoms with Crippen LogP contribution in [0.4, 0.5) is 0 Å². The Labute approximate surface area is 101 Å². The van der Waals surface area contributed by atoms with E-state index in [0.717, 1.165) is 11.3 Å². The molecular formula is C12H18N2O3. The molecule has 0 saturated heterocycles. The molecule has 0 saturated carbocycles. The summed E-state index contributed by atoms with van der Waals surface area (Å²) < 4.78 is 10.6. The highest BCUT2D eigenvalue weighted by molar-refractivity contribution is 5.76. The van der Waals surface area contributed by atoms with E-state index in [-0.39, 0.29) is 12.3 Å². The largest absolute Gasteiger partial charge is 0.491 e. The lowest BCUT2D eigenvalue weighted by molar-refractivity contribution is -0.117. The fourth-order valence-corrected chi connectivity index (χ4v) is 1.31. The smallest absolute Gasteiger partial charge is 0.221 e. The van der Waals surface area contributed by atoms with Crippen LogP contribution in [0.3, 0.4) is 0 Å². The molecule has 0 aliphatic heterocycles. The number of ether oxygens (including phenoxy) is 2. The summed E-state index contributed by atoms with van der Waals surface area (Å²) in [5.74, 6) is 0.406. The number of primary amides is 1. The van der Waals surface area contributed by atoms with E-state index in [1.54, 1.807) is 12.1 Å². The van der Waals surface area contributed by atoms with Crippen molar-refractivity contribution in [3.8, 4) is 5.75 Å². The zero-order valence-electron chi connectivity index (χ0n) is 9.72. The van der Waals surface area contributed by atoms with Gasteiger partial charge in [-0.15, -0.1) is 0 Å². The first-order chi connectivity index (χ1) is 8.22. The zero-order chi connectivity index (χ0) is 12.5. The second-order valence-electron chi connectivity index (χ2n) is 3.54. The topological polar surface area (TPSA) is 87.6 Å². The van der Waals surface area contributed by atoms with Crippen molar-refractivity contribution in [1.29, 1.82) is 0 Å². The molecule has 0 aromatic heterocycles. The Kier molecular flexibility index (Phi) is 6.06. The van der Waals surface area contributed by atoms with Crippen molar-refractivity contribution < 1.29 is 14.3 Å². The second-order valence-corrected chi connectivity index (χ2v) is 3.54. The van der Waals surface area contributed by atoms with Gasteiger partial charge in [-0.2, -0.15) is 0 Å². The number of nitrogens with two attached hydrogens (primary N) is 2. The van der Waals surface area contributed by atoms with Crippen molar-refractivity contribution in [1.82, 2.24) is 0 Å². The summed E-state index contributed by atoms with van der Waals surface area (Å²) in [6, 6.07) is 7.25. The van der Waals surface area contributed by atoms with E-state index < -0.39 is 0 Å². The molecule has 0 radical (unpaired) electrons. The highest BCUT2D eigenvalue weighted by Crippen LogP contribution is 2.12. The molecule has 0 aliphatic rings. The molecule has 94 valence electrons. The average Bonchev–Trinajstić information content (AvgIpc) is 2.30. The highest BCUT2D eigenvalue weighted by atomic mass is 16.5. The standard InChI is InChI=1S/C12H18N2O3/c13-5-6-16-7-8-17-11-3-1-10(2-4-11)9-12(14)15/h1-4H,5-9,13H2,(H2,14,15). The van der Waals surface area contributed by atoms with Crippen LogP contribution in [-0.2, 0) is 16.0 Å². The van der Waals surface area contributed by atoms with Crippen molar-refractivity contribution in [2.75, 3.05) is 26.4 Å². The quantitative estimate of drug-likeness (QED) is 0.627. The number of amides is 1. The summed E-state index contributed by atoms with van der Waals surface area (Å²) in [5.41, 5.74) is 11.2. The minimum Gasteiger partial charge on any atom is -0.491 e. The molecule has 1 amide bonds. The molecule has 5 heteroatoms. The fourth-order valence-electron chi connectivity index (χ4n) is 1.31. The molecule has 5 nitrogen and oxygen atoms in total. The van der Waals surface area contributed by atoms with E-state index in [4.69, 9.17) is 20.9 Å². The number of carbonyl (C=O) groups excluding carboxylic acids is 1. The van der Waals surface area contributed by atoms with E-state index >= 15 is 0 Å². The van der Waals surface area contributed by atoms with Gasteiger partial charge in [0.25, 0.3) is 0 Å². The maximum Gasteiger partial charge on any atom is 0.221 e. The van der Waals surface area contributed by atoms with Crippen LogP contribution in [0.2, 0.25) is 0 Å². The van der Waals surface area contributed by atoms with Gasteiger partial charge < -0.3 is 20.9 Å². The lowest BCUT2D eigenvalue weighted by atomic mass is 10.1. The van der Waals surface area contributed by atoms with Gasteiger partial charge >= 0.3 is 0 Å². The van der Waals surface area contributed by atoms with Crippen molar-refractivity contribution >= 4 is 5.91 Å². The first-order valence-corrected chi connectivity index (χ1v) is 5.50. The van der Waals surface area contributed by atoms with Crippen LogP contribution < -0.4 is 16.2 Å². The maximum atomic E-state index is 10.7. The van der Waals surface area contributed by atoms with Crippen LogP contribution in [0.5, 0.6) is 5.75 Å². The molecule has 0 aliphatic carbocycles. The highest BCUT2D eigenvalue weighted by Gasteiger charge is 1.99. The summed E-state index contributed by atoms with van der Waals surface area (Å²) in [6.07, 6.45) is 0.250. The molecular weight excluding hydrogens is 220 g/mol. The fraction of sp³-hybridized carbons (Fsp3) is 0.417. The Hall–Kier alpha value is -1.59. The monoisotopic (exact) mass is 238 g/mol. The van der Waals surface area contributed by atoms with Gasteiger partial charge in [-0.25, -0.2) is 0 Å². The Morgan fingerprint density at radius 2 is 1.82 bits per heavy atom. The lowest BCUT2D eigenvalue weighted by Gasteiger charge is -2.07. The van der Waals surface area contributed by atoms with Gasteiger partial charge in [-0.05, 0) is 17.7 Å². The Bertz CT molecular complexity index is 338. The molecule has 0 bridgehead atoms. The van der Waals surface area contributed by atoms with E-state index in [2.05, 4.69) is 0 Å². The SMILES string of the molecule is NCCOCCOc1ccc(CC(N)=O)cc1. The van der Waals surface area contributed by atoms with E-state index in [1.807, 2.05) is 12.1 Å². The average molecular weight is 238 g/mol. The Morgan fingerprint density at radius 1 is 1.12 bits per heavy atom. The third-order valence-electron chi connectivity index (χ3n) is 2.06. The minimum atomic E-state index is -0.339. The first kappa shape index (κ1) is 13.5. The van der Waals surface area contributed by atoms with Gasteiger partial charge in [0, 0.05) is 6.54 Å². The third-order valence-corrected chi connectivity index (χ3v) is 2.06. The normalized spacial score (nSPS) is 10.2. The number of hydrogen-bond acceptors (Lipinski definition) is 4. The maximum absolute atomic E-state index is 10.7. The van der Waals surface area contributed by atoms with Crippen LogP contribution in [-0.4, -0.2) is 32.3 Å². The molecule has 0 fully saturated rings. The van der Waals surface area contributed by atoms with Crippen molar-refractivity contribution in [3.63, 3.8) is 0 Å². The van der Waals surface area contributed by atoms with E-state index in [0.29, 0.717) is 26.4 Å². The summed E-state index contributed by atoms with van der Waals surface area (Å²) >= 11 is 0. The third kappa shape index (κ3) is 5.89. The van der Waals surface area contributed by atoms with Crippen LogP contribution in [0.1, 0.15) is 5.56 Å². The van der Waals surface area contributed by atoms with Gasteiger partial charge in [-0.3, -0.25) is 4.79 Å². The Balaban J connectivity index is 2.28. The molecule has 0 unspecified atom stereocenters. The van der Waals surface area contributed by atoms with Crippen LogP contribution in [0.25, 0.3) is 0 Å². The predicted octanol–water partition coefficient (Wildman–Crippen LogP) is 0.0685. The molecule has 17 heavy (non-hydrogen) atoms. The summed E-state index contributed by atoms with van der Waals surface area (Å²) in [6.45, 7) is 2.05. The summed E-state index contributed by atoms with van der Waals surface area (Å²) in [7, 11) is 0. The summed E-state index contributed by atoms with van der Waals surface area (Å²) in [5, 5.41) is 0. The van der Waals surface area contributed by atoms with Gasteiger partial charge in [0.2, 0.25) is 5.91 Å². The predicted molar refractivity (Wildman–Crippen MR) is 64.7 cm³/mol. The van der Waals surface area contributed by atoms with Gasteiger partial charge in [0.1, 0.15) is 12.4 Å². The molecule has 0 heterocycles. The Morgan fingerprint density at radius 3 is 2.41 bits per heavy atom. The van der Waals surface area contributed by atoms with Crippen molar-refractivity contribution in [3.05, 3.63) is 29.8 Å². The number of rotatable bonds is 8. The number of hydrogen-bond donors (Lipinski definition) is 2. The van der Waals surface area contributed by atoms with Gasteiger partial charge in [0.15, 0.2) is 0 Å². The minimum absolute atomic E-state index is 0.250. The van der Waals surface area contributed by atoms with Crippen LogP contribution in [0, 0.1) is 0 Å². The molecule has 1 aromatic carbocycles. The van der Waals surface area contributed by atoms with Crippen molar-refractivity contribution in [2.24, 2.45) is 11.5 Å². The molecule has 1 rings (SSSR count). The number of benzene rings is 1. The number of carbonyl (C=O) groups is 1. The van der Waals surface area contributed by atoms with Gasteiger partial charge in [-0.1, -0.05) is 12.1 Å². The lowest BCUT2D eigenvalue weighted by Crippen LogP contribution is -2.14. The van der Waals surface area contributed by atoms with E-state index in [1.165, 1.54) is 0 Å². The molecule has 1 aromatic rings. The molecule has 4 N–H and O–H groups in total. The van der Waals surface area contributed by atoms with Crippen LogP contribution >= 0.6 is 0 Å². The first-order valence-electron chi connectivity index (χ1n) is 5.50. The van der Waals surface area contributed by atoms with Crippen molar-refractivity contribution in [2.45, 2.75) is 6.42 Å². The zero-order valence-corrected chi connectivity index (χ0v) is 9.72.